The Bertz CT molecular complexity index is 526. The number of hydrogen-bond acceptors (Lipinski definition) is 3. The van der Waals surface area contributed by atoms with Gasteiger partial charge in [-0.15, -0.1) is 0 Å². The molecule has 1 aromatic heterocycles. The lowest BCUT2D eigenvalue weighted by molar-refractivity contribution is 0.278. The Morgan fingerprint density at radius 3 is 2.72 bits per heavy atom. The third-order valence-corrected chi connectivity index (χ3v) is 2.86. The summed E-state index contributed by atoms with van der Waals surface area (Å²) in [6.45, 7) is 1.71. The lowest BCUT2D eigenvalue weighted by Crippen LogP contribution is -2.01. The smallest absolute Gasteiger partial charge is 0.317 e. The van der Waals surface area contributed by atoms with Crippen molar-refractivity contribution in [2.45, 2.75) is 13.5 Å². The summed E-state index contributed by atoms with van der Waals surface area (Å²) in [5.74, 6) is -0.820. The van der Waals surface area contributed by atoms with Crippen molar-refractivity contribution in [1.29, 1.82) is 0 Å². The molecular weight excluding hydrogens is 306 g/mol. The molecule has 94 valence electrons. The summed E-state index contributed by atoms with van der Waals surface area (Å²) in [6.07, 6.45) is 1.05. The summed E-state index contributed by atoms with van der Waals surface area (Å²) >= 11 is 3.08. The number of ether oxygens (including phenoxy) is 1. The Hall–Kier alpha value is -1.56. The summed E-state index contributed by atoms with van der Waals surface area (Å²) in [6, 6.07) is 4.62. The Morgan fingerprint density at radius 2 is 2.06 bits per heavy atom. The van der Waals surface area contributed by atoms with Crippen LogP contribution in [0.2, 0.25) is 0 Å². The summed E-state index contributed by atoms with van der Waals surface area (Å²) in [7, 11) is 0. The molecule has 0 saturated carbocycles. The van der Waals surface area contributed by atoms with Crippen LogP contribution in [0.3, 0.4) is 0 Å². The van der Waals surface area contributed by atoms with Gasteiger partial charge in [-0.2, -0.15) is 4.98 Å². The SMILES string of the molecule is Cc1nc(OCc2ccc(F)c(Br)c2)ncc1F. The minimum absolute atomic E-state index is 0.0920. The number of hydrogen-bond donors (Lipinski definition) is 0. The molecule has 3 nitrogen and oxygen atoms in total. The highest BCUT2D eigenvalue weighted by Gasteiger charge is 2.05. The van der Waals surface area contributed by atoms with E-state index in [9.17, 15) is 8.78 Å². The van der Waals surface area contributed by atoms with Crippen LogP contribution in [0.1, 0.15) is 11.3 Å². The molecule has 0 aliphatic heterocycles. The van der Waals surface area contributed by atoms with Crippen molar-refractivity contribution in [3.8, 4) is 6.01 Å². The highest BCUT2D eigenvalue weighted by molar-refractivity contribution is 9.10. The van der Waals surface area contributed by atoms with Gasteiger partial charge >= 0.3 is 6.01 Å². The first-order valence-corrected chi connectivity index (χ1v) is 5.91. The van der Waals surface area contributed by atoms with Gasteiger partial charge in [-0.1, -0.05) is 6.07 Å². The second kappa shape index (κ2) is 5.39. The molecule has 0 bridgehead atoms. The minimum Gasteiger partial charge on any atom is -0.459 e. The van der Waals surface area contributed by atoms with Gasteiger partial charge in [-0.05, 0) is 40.5 Å². The predicted molar refractivity (Wildman–Crippen MR) is 65.2 cm³/mol. The summed E-state index contributed by atoms with van der Waals surface area (Å²) in [4.78, 5) is 7.53. The third-order valence-electron chi connectivity index (χ3n) is 2.25. The van der Waals surface area contributed by atoms with Gasteiger partial charge in [0.05, 0.1) is 16.4 Å². The van der Waals surface area contributed by atoms with Crippen LogP contribution in [-0.4, -0.2) is 9.97 Å². The van der Waals surface area contributed by atoms with Crippen LogP contribution in [0.4, 0.5) is 8.78 Å². The summed E-state index contributed by atoms with van der Waals surface area (Å²) in [5.41, 5.74) is 0.981. The zero-order valence-corrected chi connectivity index (χ0v) is 11.0. The van der Waals surface area contributed by atoms with E-state index in [1.54, 1.807) is 12.1 Å². The second-order valence-electron chi connectivity index (χ2n) is 3.62. The second-order valence-corrected chi connectivity index (χ2v) is 4.48. The summed E-state index contributed by atoms with van der Waals surface area (Å²) in [5, 5.41) is 0. The molecule has 0 saturated heterocycles. The van der Waals surface area contributed by atoms with E-state index in [0.29, 0.717) is 4.47 Å². The monoisotopic (exact) mass is 314 g/mol. The Morgan fingerprint density at radius 1 is 1.28 bits per heavy atom. The van der Waals surface area contributed by atoms with Crippen molar-refractivity contribution >= 4 is 15.9 Å². The first-order chi connectivity index (χ1) is 8.56. The van der Waals surface area contributed by atoms with Gasteiger partial charge in [0, 0.05) is 0 Å². The van der Waals surface area contributed by atoms with Crippen LogP contribution >= 0.6 is 15.9 Å². The topological polar surface area (TPSA) is 35.0 Å². The standard InChI is InChI=1S/C12H9BrF2N2O/c1-7-11(15)5-16-12(17-7)18-6-8-2-3-10(14)9(13)4-8/h2-5H,6H2,1H3. The van der Waals surface area contributed by atoms with Crippen LogP contribution in [0.5, 0.6) is 6.01 Å². The molecule has 2 aromatic rings. The van der Waals surface area contributed by atoms with Crippen molar-refractivity contribution in [3.05, 3.63) is 51.8 Å². The van der Waals surface area contributed by atoms with E-state index in [1.165, 1.54) is 13.0 Å². The maximum atomic E-state index is 13.0. The van der Waals surface area contributed by atoms with Gasteiger partial charge in [0.15, 0.2) is 5.82 Å². The van der Waals surface area contributed by atoms with Gasteiger partial charge < -0.3 is 4.74 Å². The van der Waals surface area contributed by atoms with Gasteiger partial charge in [0.25, 0.3) is 0 Å². The van der Waals surface area contributed by atoms with Gasteiger partial charge in [0.2, 0.25) is 0 Å². The van der Waals surface area contributed by atoms with E-state index in [-0.39, 0.29) is 24.1 Å². The van der Waals surface area contributed by atoms with E-state index in [0.717, 1.165) is 11.8 Å². The fourth-order valence-corrected chi connectivity index (χ4v) is 1.70. The van der Waals surface area contributed by atoms with E-state index in [2.05, 4.69) is 25.9 Å². The van der Waals surface area contributed by atoms with E-state index in [4.69, 9.17) is 4.74 Å². The zero-order valence-electron chi connectivity index (χ0n) is 9.45. The molecule has 0 fully saturated rings. The van der Waals surface area contributed by atoms with Crippen molar-refractivity contribution < 1.29 is 13.5 Å². The molecule has 0 radical (unpaired) electrons. The van der Waals surface area contributed by atoms with Crippen LogP contribution < -0.4 is 4.74 Å². The molecule has 0 N–H and O–H groups in total. The van der Waals surface area contributed by atoms with Crippen molar-refractivity contribution in [3.63, 3.8) is 0 Å². The molecule has 0 aliphatic carbocycles. The number of halogens is 3. The van der Waals surface area contributed by atoms with Crippen LogP contribution in [0, 0.1) is 18.6 Å². The molecule has 0 aliphatic rings. The maximum absolute atomic E-state index is 13.0. The van der Waals surface area contributed by atoms with Crippen molar-refractivity contribution in [2.75, 3.05) is 0 Å². The molecule has 0 spiro atoms. The summed E-state index contributed by atoms with van der Waals surface area (Å²) < 4.78 is 31.6. The van der Waals surface area contributed by atoms with Crippen LogP contribution in [0.15, 0.2) is 28.9 Å². The number of benzene rings is 1. The maximum Gasteiger partial charge on any atom is 0.317 e. The Labute approximate surface area is 111 Å². The molecule has 0 amide bonds. The third kappa shape index (κ3) is 3.01. The van der Waals surface area contributed by atoms with Crippen LogP contribution in [-0.2, 0) is 6.61 Å². The Balaban J connectivity index is 2.06. The van der Waals surface area contributed by atoms with Crippen molar-refractivity contribution in [2.24, 2.45) is 0 Å². The average Bonchev–Trinajstić information content (AvgIpc) is 2.35. The molecule has 2 rings (SSSR count). The van der Waals surface area contributed by atoms with Gasteiger partial charge in [0.1, 0.15) is 12.4 Å². The molecule has 0 unspecified atom stereocenters. The van der Waals surface area contributed by atoms with Crippen molar-refractivity contribution in [1.82, 2.24) is 9.97 Å². The number of rotatable bonds is 3. The largest absolute Gasteiger partial charge is 0.459 e. The molecule has 0 atom stereocenters. The fourth-order valence-electron chi connectivity index (χ4n) is 1.28. The van der Waals surface area contributed by atoms with E-state index in [1.807, 2.05) is 0 Å². The highest BCUT2D eigenvalue weighted by Crippen LogP contribution is 2.18. The number of nitrogens with zero attached hydrogens (tertiary/aromatic N) is 2. The van der Waals surface area contributed by atoms with Crippen LogP contribution in [0.25, 0.3) is 0 Å². The van der Waals surface area contributed by atoms with E-state index >= 15 is 0 Å². The zero-order chi connectivity index (χ0) is 13.1. The predicted octanol–water partition coefficient (Wildman–Crippen LogP) is 3.40. The molecule has 1 aromatic carbocycles. The number of aromatic nitrogens is 2. The lowest BCUT2D eigenvalue weighted by Gasteiger charge is -2.06. The lowest BCUT2D eigenvalue weighted by atomic mass is 10.2. The molecular formula is C12H9BrF2N2O. The average molecular weight is 315 g/mol. The highest BCUT2D eigenvalue weighted by atomic mass is 79.9. The number of aryl methyl sites for hydroxylation is 1. The van der Waals surface area contributed by atoms with E-state index < -0.39 is 5.82 Å². The quantitative estimate of drug-likeness (QED) is 0.871. The first kappa shape index (κ1) is 12.9. The Kier molecular flexibility index (Phi) is 3.86. The minimum atomic E-state index is -0.480. The fraction of sp³-hybridized carbons (Fsp3) is 0.167. The first-order valence-electron chi connectivity index (χ1n) is 5.12. The van der Waals surface area contributed by atoms with Gasteiger partial charge in [-0.25, -0.2) is 13.8 Å². The molecule has 6 heteroatoms. The molecule has 1 heterocycles. The normalized spacial score (nSPS) is 10.4. The molecule has 18 heavy (non-hydrogen) atoms. The van der Waals surface area contributed by atoms with Gasteiger partial charge in [-0.3, -0.25) is 0 Å².